The molecular weight excluding hydrogens is 568 g/mol. The van der Waals surface area contributed by atoms with Crippen LogP contribution in [0.5, 0.6) is 23.0 Å². The maximum Gasteiger partial charge on any atom is 0.262 e. The van der Waals surface area contributed by atoms with Crippen LogP contribution in [0.2, 0.25) is 5.02 Å². The first-order valence-electron chi connectivity index (χ1n) is 13.7. The van der Waals surface area contributed by atoms with E-state index in [9.17, 15) is 9.59 Å². The predicted molar refractivity (Wildman–Crippen MR) is 168 cm³/mol. The maximum absolute atomic E-state index is 13.5. The molecule has 0 aliphatic rings. The Balaban J connectivity index is 1.38. The van der Waals surface area contributed by atoms with Crippen molar-refractivity contribution in [3.05, 3.63) is 100 Å². The van der Waals surface area contributed by atoms with Gasteiger partial charge >= 0.3 is 0 Å². The third-order valence-corrected chi connectivity index (χ3v) is 7.11. The normalized spacial score (nSPS) is 11.0. The fourth-order valence-corrected chi connectivity index (χ4v) is 4.65. The number of carbonyl (C=O) groups is 1. The molecule has 1 N–H and O–H groups in total. The molecule has 0 fully saturated rings. The highest BCUT2D eigenvalue weighted by atomic mass is 35.5. The number of nitrogens with one attached hydrogen (secondary N) is 1. The van der Waals surface area contributed by atoms with Gasteiger partial charge in [-0.3, -0.25) is 14.6 Å². The zero-order valence-electron chi connectivity index (χ0n) is 24.3. The molecule has 0 bridgehead atoms. The number of anilines is 1. The smallest absolute Gasteiger partial charge is 0.262 e. The Bertz CT molecular complexity index is 1820. The van der Waals surface area contributed by atoms with Crippen LogP contribution in [0.25, 0.3) is 22.0 Å². The van der Waals surface area contributed by atoms with Crippen LogP contribution in [0.15, 0.2) is 84.2 Å². The molecular formula is C33H31ClN4O5. The van der Waals surface area contributed by atoms with Crippen LogP contribution >= 0.6 is 11.6 Å². The average Bonchev–Trinajstić information content (AvgIpc) is 3.01. The van der Waals surface area contributed by atoms with Crippen LogP contribution in [0.3, 0.4) is 0 Å². The summed E-state index contributed by atoms with van der Waals surface area (Å²) in [5.41, 5.74) is 1.42. The van der Waals surface area contributed by atoms with Gasteiger partial charge in [-0.2, -0.15) is 0 Å². The first-order chi connectivity index (χ1) is 20.7. The summed E-state index contributed by atoms with van der Waals surface area (Å²) in [6.07, 6.45) is 7.39. The van der Waals surface area contributed by atoms with E-state index in [1.807, 2.05) is 4.57 Å². The van der Waals surface area contributed by atoms with Crippen molar-refractivity contribution in [3.8, 4) is 34.1 Å². The third kappa shape index (κ3) is 6.79. The fraction of sp³-hybridized carbons (Fsp3) is 0.212. The van der Waals surface area contributed by atoms with Gasteiger partial charge in [0.2, 0.25) is 5.43 Å². The molecule has 3 aromatic heterocycles. The number of methoxy groups -OCH3 is 2. The second kappa shape index (κ2) is 13.0. The predicted octanol–water partition coefficient (Wildman–Crippen LogP) is 7.22. The van der Waals surface area contributed by atoms with E-state index in [1.54, 1.807) is 87.4 Å². The van der Waals surface area contributed by atoms with Gasteiger partial charge in [-0.05, 0) is 54.3 Å². The Morgan fingerprint density at radius 2 is 1.70 bits per heavy atom. The van der Waals surface area contributed by atoms with Crippen molar-refractivity contribution in [3.63, 3.8) is 0 Å². The number of hydrogen-bond donors (Lipinski definition) is 1. The van der Waals surface area contributed by atoms with Crippen LogP contribution in [0.4, 0.5) is 5.82 Å². The van der Waals surface area contributed by atoms with Gasteiger partial charge in [0.05, 0.1) is 25.9 Å². The van der Waals surface area contributed by atoms with Crippen LogP contribution in [-0.4, -0.2) is 34.7 Å². The highest BCUT2D eigenvalue weighted by Crippen LogP contribution is 2.36. The van der Waals surface area contributed by atoms with E-state index in [-0.39, 0.29) is 16.8 Å². The minimum Gasteiger partial charge on any atom is -0.493 e. The number of fused-ring (bicyclic) bond motifs is 1. The summed E-state index contributed by atoms with van der Waals surface area (Å²) in [6.45, 7) is 4.91. The van der Waals surface area contributed by atoms with Gasteiger partial charge in [-0.15, -0.1) is 0 Å². The number of aromatic nitrogens is 3. The number of pyridine rings is 3. The molecule has 0 radical (unpaired) electrons. The topological polar surface area (TPSA) is 105 Å². The minimum atomic E-state index is -0.554. The molecule has 0 saturated carbocycles. The van der Waals surface area contributed by atoms with Crippen molar-refractivity contribution in [1.29, 1.82) is 0 Å². The molecule has 43 heavy (non-hydrogen) atoms. The van der Waals surface area contributed by atoms with Crippen molar-refractivity contribution in [2.45, 2.75) is 26.8 Å². The zero-order valence-corrected chi connectivity index (χ0v) is 25.0. The van der Waals surface area contributed by atoms with Crippen LogP contribution in [0.1, 0.15) is 30.6 Å². The van der Waals surface area contributed by atoms with Crippen LogP contribution in [-0.2, 0) is 6.54 Å². The molecule has 2 aromatic carbocycles. The van der Waals surface area contributed by atoms with Crippen molar-refractivity contribution in [1.82, 2.24) is 14.5 Å². The number of amides is 1. The number of halogens is 1. The van der Waals surface area contributed by atoms with E-state index < -0.39 is 5.91 Å². The second-order valence-corrected chi connectivity index (χ2v) is 10.7. The molecule has 0 spiro atoms. The summed E-state index contributed by atoms with van der Waals surface area (Å²) in [6, 6.07) is 15.6. The molecule has 0 aliphatic heterocycles. The number of ether oxygens (including phenoxy) is 3. The van der Waals surface area contributed by atoms with Crippen LogP contribution in [0, 0.1) is 5.92 Å². The Hall–Kier alpha value is -4.89. The Labute approximate surface area is 254 Å². The molecule has 0 saturated heterocycles. The molecule has 0 unspecified atom stereocenters. The van der Waals surface area contributed by atoms with Gasteiger partial charge in [-0.25, -0.2) is 4.98 Å². The minimum absolute atomic E-state index is 0.0194. The number of benzene rings is 2. The second-order valence-electron chi connectivity index (χ2n) is 10.3. The quantitative estimate of drug-likeness (QED) is 0.181. The molecule has 10 heteroatoms. The van der Waals surface area contributed by atoms with Crippen LogP contribution < -0.4 is 25.0 Å². The van der Waals surface area contributed by atoms with Crippen molar-refractivity contribution in [2.24, 2.45) is 5.92 Å². The number of nitrogens with zero attached hydrogens (tertiary/aromatic N) is 3. The first-order valence-corrected chi connectivity index (χ1v) is 14.1. The largest absolute Gasteiger partial charge is 0.493 e. The van der Waals surface area contributed by atoms with Gasteiger partial charge in [0, 0.05) is 47.2 Å². The van der Waals surface area contributed by atoms with Gasteiger partial charge in [0.15, 0.2) is 11.5 Å². The van der Waals surface area contributed by atoms with Gasteiger partial charge < -0.3 is 24.1 Å². The maximum atomic E-state index is 13.5. The summed E-state index contributed by atoms with van der Waals surface area (Å²) < 4.78 is 18.8. The monoisotopic (exact) mass is 598 g/mol. The lowest BCUT2D eigenvalue weighted by Crippen LogP contribution is -2.25. The summed E-state index contributed by atoms with van der Waals surface area (Å²) >= 11 is 6.06. The summed E-state index contributed by atoms with van der Waals surface area (Å²) in [5.74, 6) is 2.27. The van der Waals surface area contributed by atoms with E-state index in [0.717, 1.165) is 11.8 Å². The van der Waals surface area contributed by atoms with E-state index >= 15 is 0 Å². The zero-order chi connectivity index (χ0) is 30.5. The molecule has 0 aliphatic carbocycles. The molecule has 0 atom stereocenters. The number of hydrogen-bond acceptors (Lipinski definition) is 7. The number of carbonyl (C=O) groups excluding carboxylic acids is 1. The molecule has 220 valence electrons. The summed E-state index contributed by atoms with van der Waals surface area (Å²) in [7, 11) is 3.13. The number of aryl methyl sites for hydroxylation is 1. The Kier molecular flexibility index (Phi) is 8.92. The molecule has 9 nitrogen and oxygen atoms in total. The molecule has 1 amide bonds. The van der Waals surface area contributed by atoms with E-state index in [1.165, 1.54) is 6.20 Å². The lowest BCUT2D eigenvalue weighted by molar-refractivity contribution is 0.102. The summed E-state index contributed by atoms with van der Waals surface area (Å²) in [4.78, 5) is 35.5. The van der Waals surface area contributed by atoms with E-state index in [0.29, 0.717) is 57.1 Å². The number of rotatable bonds is 10. The van der Waals surface area contributed by atoms with E-state index in [4.69, 9.17) is 25.8 Å². The molecule has 5 rings (SSSR count). The Morgan fingerprint density at radius 1 is 0.953 bits per heavy atom. The van der Waals surface area contributed by atoms with Gasteiger partial charge in [0.1, 0.15) is 22.9 Å². The first kappa shape index (κ1) is 29.6. The van der Waals surface area contributed by atoms with Gasteiger partial charge in [0.25, 0.3) is 5.91 Å². The van der Waals surface area contributed by atoms with Crippen molar-refractivity contribution in [2.75, 3.05) is 19.5 Å². The fourth-order valence-electron chi connectivity index (χ4n) is 4.53. The highest BCUT2D eigenvalue weighted by Gasteiger charge is 2.18. The van der Waals surface area contributed by atoms with Gasteiger partial charge in [-0.1, -0.05) is 37.6 Å². The third-order valence-electron chi connectivity index (χ3n) is 6.86. The highest BCUT2D eigenvalue weighted by molar-refractivity contribution is 6.30. The Morgan fingerprint density at radius 3 is 2.37 bits per heavy atom. The lowest BCUT2D eigenvalue weighted by Gasteiger charge is -2.14. The molecule has 5 aromatic rings. The van der Waals surface area contributed by atoms with Crippen molar-refractivity contribution < 1.29 is 19.0 Å². The van der Waals surface area contributed by atoms with E-state index in [2.05, 4.69) is 29.1 Å². The standard InChI is InChI=1S/C33H31ClN4O5/c1-20(2)12-14-38-18-25(21-5-7-22(34)8-6-21)32(39)26(19-38)33(40)37-31-10-9-23(17-36-31)43-28-11-13-35-27-16-30(42-4)29(41-3)15-24(27)28/h5-11,13,15-20H,12,14H2,1-4H3,(H,36,37,40). The SMILES string of the molecule is COc1cc2nccc(Oc3ccc(NC(=O)c4cn(CCC(C)C)cc(-c5ccc(Cl)cc5)c4=O)nc3)c2cc1OC. The molecule has 3 heterocycles. The lowest BCUT2D eigenvalue weighted by atomic mass is 10.0. The summed E-state index contributed by atoms with van der Waals surface area (Å²) in [5, 5.41) is 4.04. The average molecular weight is 599 g/mol. The van der Waals surface area contributed by atoms with Crippen molar-refractivity contribution >= 4 is 34.2 Å².